The molecule has 4 heterocycles. The number of likely N-dealkylation sites (tertiary alicyclic amines) is 2. The van der Waals surface area contributed by atoms with Gasteiger partial charge in [-0.25, -0.2) is 0 Å². The summed E-state index contributed by atoms with van der Waals surface area (Å²) in [7, 11) is 0. The van der Waals surface area contributed by atoms with Gasteiger partial charge in [-0.3, -0.25) is 9.80 Å². The second-order valence-electron chi connectivity index (χ2n) is 7.64. The number of piperidine rings is 2. The van der Waals surface area contributed by atoms with Gasteiger partial charge >= 0.3 is 0 Å². The van der Waals surface area contributed by atoms with Gasteiger partial charge in [0, 0.05) is 27.7 Å². The van der Waals surface area contributed by atoms with Crippen LogP contribution in [-0.2, 0) is 13.1 Å². The lowest BCUT2D eigenvalue weighted by atomic mass is 9.71. The number of nitrogens with zero attached hydrogens (tertiary/aromatic N) is 2. The zero-order valence-corrected chi connectivity index (χ0v) is 16.3. The molecule has 0 bridgehead atoms. The molecule has 0 saturated carbocycles. The lowest BCUT2D eigenvalue weighted by Crippen LogP contribution is -2.46. The Hall–Kier alpha value is -0.680. The van der Waals surface area contributed by atoms with Crippen LogP contribution in [0.25, 0.3) is 0 Å². The van der Waals surface area contributed by atoms with Crippen LogP contribution in [0.2, 0.25) is 0 Å². The minimum atomic E-state index is 0.647. The van der Waals surface area contributed by atoms with Gasteiger partial charge < -0.3 is 0 Å². The highest BCUT2D eigenvalue weighted by Crippen LogP contribution is 2.42. The average molecular weight is 361 g/mol. The first-order valence-corrected chi connectivity index (χ1v) is 10.9. The van der Waals surface area contributed by atoms with Gasteiger partial charge in [0.25, 0.3) is 0 Å². The van der Waals surface area contributed by atoms with Crippen LogP contribution in [0.15, 0.2) is 29.6 Å². The van der Waals surface area contributed by atoms with E-state index in [4.69, 9.17) is 0 Å². The van der Waals surface area contributed by atoms with Crippen molar-refractivity contribution in [2.45, 2.75) is 45.7 Å². The lowest BCUT2D eigenvalue weighted by molar-refractivity contribution is 0.0306. The van der Waals surface area contributed by atoms with Gasteiger partial charge in [0.2, 0.25) is 0 Å². The van der Waals surface area contributed by atoms with Gasteiger partial charge in [0.1, 0.15) is 0 Å². The quantitative estimate of drug-likeness (QED) is 0.757. The van der Waals surface area contributed by atoms with Crippen molar-refractivity contribution >= 4 is 22.7 Å². The third-order valence-electron chi connectivity index (χ3n) is 5.97. The third-order valence-corrected chi connectivity index (χ3v) is 7.82. The molecule has 2 aliphatic heterocycles. The fourth-order valence-corrected chi connectivity index (χ4v) is 5.96. The van der Waals surface area contributed by atoms with E-state index in [9.17, 15) is 0 Å². The van der Waals surface area contributed by atoms with E-state index >= 15 is 0 Å². The molecule has 0 atom stereocenters. The molecule has 0 radical (unpaired) electrons. The highest BCUT2D eigenvalue weighted by atomic mass is 32.1. The Kier molecular flexibility index (Phi) is 5.09. The number of hydrogen-bond donors (Lipinski definition) is 0. The zero-order chi connectivity index (χ0) is 16.4. The highest BCUT2D eigenvalue weighted by molar-refractivity contribution is 7.11. The van der Waals surface area contributed by atoms with Crippen LogP contribution in [0.4, 0.5) is 0 Å². The topological polar surface area (TPSA) is 6.48 Å². The molecule has 24 heavy (non-hydrogen) atoms. The van der Waals surface area contributed by atoms with Crippen molar-refractivity contribution in [2.75, 3.05) is 26.2 Å². The number of aryl methyl sites for hydroxylation is 1. The van der Waals surface area contributed by atoms with Crippen LogP contribution >= 0.6 is 22.7 Å². The van der Waals surface area contributed by atoms with Gasteiger partial charge in [-0.2, -0.15) is 0 Å². The number of rotatable bonds is 4. The summed E-state index contributed by atoms with van der Waals surface area (Å²) in [5, 5.41) is 2.20. The van der Waals surface area contributed by atoms with Crippen molar-refractivity contribution in [1.29, 1.82) is 0 Å². The van der Waals surface area contributed by atoms with Crippen molar-refractivity contribution < 1.29 is 0 Å². The molecule has 4 heteroatoms. The maximum Gasteiger partial charge on any atom is 0.0328 e. The minimum absolute atomic E-state index is 0.647. The molecular weight excluding hydrogens is 332 g/mol. The van der Waals surface area contributed by atoms with Crippen molar-refractivity contribution in [1.82, 2.24) is 9.80 Å². The normalized spacial score (nSPS) is 22.2. The van der Waals surface area contributed by atoms with E-state index in [-0.39, 0.29) is 0 Å². The summed E-state index contributed by atoms with van der Waals surface area (Å²) >= 11 is 3.86. The summed E-state index contributed by atoms with van der Waals surface area (Å²) in [5.41, 5.74) is 0.647. The first-order valence-electron chi connectivity index (χ1n) is 9.23. The average Bonchev–Trinajstić information content (AvgIpc) is 3.24. The third kappa shape index (κ3) is 3.93. The number of hydrogen-bond acceptors (Lipinski definition) is 4. The second-order valence-corrected chi connectivity index (χ2v) is 10.0. The van der Waals surface area contributed by atoms with E-state index in [2.05, 4.69) is 46.4 Å². The summed E-state index contributed by atoms with van der Waals surface area (Å²) in [5.74, 6) is 0. The molecule has 1 spiro atoms. The van der Waals surface area contributed by atoms with Gasteiger partial charge in [-0.05, 0) is 87.8 Å². The lowest BCUT2D eigenvalue weighted by Gasteiger charge is -2.47. The molecule has 2 saturated heterocycles. The van der Waals surface area contributed by atoms with Crippen LogP contribution in [0.5, 0.6) is 0 Å². The first kappa shape index (κ1) is 16.8. The highest BCUT2D eigenvalue weighted by Gasteiger charge is 2.37. The van der Waals surface area contributed by atoms with Crippen LogP contribution < -0.4 is 0 Å². The zero-order valence-electron chi connectivity index (χ0n) is 14.7. The smallest absolute Gasteiger partial charge is 0.0328 e. The molecule has 0 aliphatic carbocycles. The van der Waals surface area contributed by atoms with Gasteiger partial charge in [-0.1, -0.05) is 6.07 Å². The molecular formula is C20H28N2S2. The molecule has 4 rings (SSSR count). The van der Waals surface area contributed by atoms with Crippen molar-refractivity contribution in [3.05, 3.63) is 44.3 Å². The van der Waals surface area contributed by atoms with E-state index < -0.39 is 0 Å². The van der Waals surface area contributed by atoms with Crippen LogP contribution in [0.3, 0.4) is 0 Å². The standard InChI is InChI=1S/C20H28N2S2/c1-17-4-5-19(24-17)16-22-12-8-20(9-13-22)6-10-21(11-7-20)15-18-3-2-14-23-18/h2-5,14H,6-13,15-16H2,1H3. The molecule has 0 unspecified atom stereocenters. The van der Waals surface area contributed by atoms with Gasteiger partial charge in [0.05, 0.1) is 0 Å². The van der Waals surface area contributed by atoms with Crippen LogP contribution in [-0.4, -0.2) is 36.0 Å². The molecule has 0 amide bonds. The molecule has 2 nitrogen and oxygen atoms in total. The van der Waals surface area contributed by atoms with E-state index in [0.29, 0.717) is 5.41 Å². The van der Waals surface area contributed by atoms with Crippen molar-refractivity contribution in [2.24, 2.45) is 5.41 Å². The SMILES string of the molecule is Cc1ccc(CN2CCC3(CCN(Cc4cccs4)CC3)CC2)s1. The molecule has 2 fully saturated rings. The van der Waals surface area contributed by atoms with Crippen molar-refractivity contribution in [3.63, 3.8) is 0 Å². The molecule has 130 valence electrons. The van der Waals surface area contributed by atoms with Crippen LogP contribution in [0.1, 0.15) is 40.3 Å². The van der Waals surface area contributed by atoms with Gasteiger partial charge in [0.15, 0.2) is 0 Å². The minimum Gasteiger partial charge on any atom is -0.298 e. The van der Waals surface area contributed by atoms with E-state index in [0.717, 1.165) is 6.54 Å². The Labute approximate surface area is 154 Å². The summed E-state index contributed by atoms with van der Waals surface area (Å²) in [6.07, 6.45) is 5.63. The Morgan fingerprint density at radius 1 is 0.875 bits per heavy atom. The molecule has 2 aliphatic rings. The summed E-state index contributed by atoms with van der Waals surface area (Å²) in [4.78, 5) is 9.84. The predicted octanol–water partition coefficient (Wildman–Crippen LogP) is 5.00. The molecule has 2 aromatic rings. The second kappa shape index (κ2) is 7.28. The van der Waals surface area contributed by atoms with Gasteiger partial charge in [-0.15, -0.1) is 22.7 Å². The molecule has 0 aromatic carbocycles. The van der Waals surface area contributed by atoms with E-state index in [1.54, 1.807) is 0 Å². The Balaban J connectivity index is 1.25. The fourth-order valence-electron chi connectivity index (χ4n) is 4.28. The van der Waals surface area contributed by atoms with E-state index in [1.807, 2.05) is 22.7 Å². The Morgan fingerprint density at radius 2 is 1.50 bits per heavy atom. The van der Waals surface area contributed by atoms with Crippen LogP contribution in [0, 0.1) is 12.3 Å². The maximum absolute atomic E-state index is 2.68. The number of thiophene rings is 2. The summed E-state index contributed by atoms with van der Waals surface area (Å²) < 4.78 is 0. The summed E-state index contributed by atoms with van der Waals surface area (Å²) in [6.45, 7) is 9.72. The summed E-state index contributed by atoms with van der Waals surface area (Å²) in [6, 6.07) is 9.03. The Bertz CT molecular complexity index is 628. The Morgan fingerprint density at radius 3 is 2.00 bits per heavy atom. The monoisotopic (exact) mass is 360 g/mol. The fraction of sp³-hybridized carbons (Fsp3) is 0.600. The predicted molar refractivity (Wildman–Crippen MR) is 105 cm³/mol. The maximum atomic E-state index is 2.68. The first-order chi connectivity index (χ1) is 11.7. The van der Waals surface area contributed by atoms with E-state index in [1.165, 1.54) is 73.0 Å². The molecule has 2 aromatic heterocycles. The molecule has 0 N–H and O–H groups in total. The largest absolute Gasteiger partial charge is 0.298 e. The van der Waals surface area contributed by atoms with Crippen molar-refractivity contribution in [3.8, 4) is 0 Å².